The summed E-state index contributed by atoms with van der Waals surface area (Å²) in [4.78, 5) is 23.5. The lowest BCUT2D eigenvalue weighted by molar-refractivity contribution is -0.130. The fourth-order valence-electron chi connectivity index (χ4n) is 2.42. The van der Waals surface area contributed by atoms with Crippen molar-refractivity contribution in [3.8, 4) is 0 Å². The van der Waals surface area contributed by atoms with Crippen LogP contribution in [0.5, 0.6) is 0 Å². The molecule has 0 saturated carbocycles. The molecule has 0 spiro atoms. The van der Waals surface area contributed by atoms with Crippen molar-refractivity contribution in [2.24, 2.45) is 5.10 Å². The molecule has 1 N–H and O–H groups in total. The molecule has 0 unspecified atom stereocenters. The molecule has 7 nitrogen and oxygen atoms in total. The van der Waals surface area contributed by atoms with Gasteiger partial charge in [-0.3, -0.25) is 9.59 Å². The van der Waals surface area contributed by atoms with Crippen LogP contribution in [0.4, 0.5) is 10.2 Å². The molecule has 0 atom stereocenters. The van der Waals surface area contributed by atoms with E-state index in [4.69, 9.17) is 11.6 Å². The van der Waals surface area contributed by atoms with E-state index in [9.17, 15) is 14.0 Å². The van der Waals surface area contributed by atoms with Crippen molar-refractivity contribution in [2.45, 2.75) is 19.3 Å². The van der Waals surface area contributed by atoms with Gasteiger partial charge in [-0.2, -0.15) is 10.2 Å². The maximum Gasteiger partial charge on any atom is 0.273 e. The molecule has 2 heterocycles. The number of carbonyl (C=O) groups excluding carboxylic acids is 2. The lowest BCUT2D eigenvalue weighted by Gasteiger charge is -2.18. The fourth-order valence-corrected chi connectivity index (χ4v) is 2.61. The Morgan fingerprint density at radius 2 is 2.08 bits per heavy atom. The molecule has 26 heavy (non-hydrogen) atoms. The Labute approximate surface area is 153 Å². The van der Waals surface area contributed by atoms with Crippen molar-refractivity contribution in [1.29, 1.82) is 0 Å². The summed E-state index contributed by atoms with van der Waals surface area (Å²) in [6.07, 6.45) is 0.736. The minimum atomic E-state index is -0.438. The van der Waals surface area contributed by atoms with E-state index in [1.54, 1.807) is 12.1 Å². The van der Waals surface area contributed by atoms with Crippen LogP contribution < -0.4 is 5.32 Å². The van der Waals surface area contributed by atoms with E-state index >= 15 is 0 Å². The van der Waals surface area contributed by atoms with Crippen molar-refractivity contribution < 1.29 is 14.0 Å². The van der Waals surface area contributed by atoms with Crippen molar-refractivity contribution in [3.05, 3.63) is 52.4 Å². The van der Waals surface area contributed by atoms with Crippen LogP contribution in [0.25, 0.3) is 0 Å². The highest BCUT2D eigenvalue weighted by atomic mass is 35.5. The number of amides is 2. The van der Waals surface area contributed by atoms with Gasteiger partial charge in [0.2, 0.25) is 5.91 Å². The number of carbonyl (C=O) groups is 2. The number of aromatic nitrogens is 2. The Morgan fingerprint density at radius 1 is 1.27 bits per heavy atom. The van der Waals surface area contributed by atoms with Gasteiger partial charge in [0, 0.05) is 31.3 Å². The average molecular weight is 376 g/mol. The van der Waals surface area contributed by atoms with Crippen molar-refractivity contribution in [1.82, 2.24) is 15.2 Å². The first-order valence-corrected chi connectivity index (χ1v) is 8.22. The van der Waals surface area contributed by atoms with Crippen LogP contribution in [0, 0.1) is 5.82 Å². The van der Waals surface area contributed by atoms with Gasteiger partial charge in [0.25, 0.3) is 5.91 Å². The average Bonchev–Trinajstić information content (AvgIpc) is 2.62. The predicted octanol–water partition coefficient (Wildman–Crippen LogP) is 2.41. The minimum absolute atomic E-state index is 0.140. The highest BCUT2D eigenvalue weighted by molar-refractivity contribution is 6.43. The van der Waals surface area contributed by atoms with Gasteiger partial charge in [-0.1, -0.05) is 11.6 Å². The molecule has 0 saturated heterocycles. The van der Waals surface area contributed by atoms with Crippen molar-refractivity contribution in [2.75, 3.05) is 12.4 Å². The maximum atomic E-state index is 13.8. The third-order valence-electron chi connectivity index (χ3n) is 3.81. The molecule has 2 amide bonds. The quantitative estimate of drug-likeness (QED) is 0.888. The topological polar surface area (TPSA) is 87.6 Å². The molecule has 0 bridgehead atoms. The Kier molecular flexibility index (Phi) is 5.22. The maximum absolute atomic E-state index is 13.8. The Bertz CT molecular complexity index is 885. The monoisotopic (exact) mass is 375 g/mol. The highest BCUT2D eigenvalue weighted by Crippen LogP contribution is 2.18. The second-order valence-corrected chi connectivity index (χ2v) is 6.18. The number of hydrogen-bond acceptors (Lipinski definition) is 5. The van der Waals surface area contributed by atoms with Crippen LogP contribution in [-0.2, 0) is 16.0 Å². The third-order valence-corrected chi connectivity index (χ3v) is 4.05. The van der Waals surface area contributed by atoms with Crippen LogP contribution in [0.15, 0.2) is 35.4 Å². The van der Waals surface area contributed by atoms with Gasteiger partial charge < -0.3 is 5.32 Å². The lowest BCUT2D eigenvalue weighted by atomic mass is 10.1. The van der Waals surface area contributed by atoms with Gasteiger partial charge in [-0.15, -0.1) is 5.10 Å². The number of anilines is 1. The zero-order chi connectivity index (χ0) is 18.7. The van der Waals surface area contributed by atoms with E-state index in [2.05, 4.69) is 20.6 Å². The normalized spacial score (nSPS) is 14.2. The largest absolute Gasteiger partial charge is 0.304 e. The van der Waals surface area contributed by atoms with Crippen LogP contribution in [0.2, 0.25) is 5.02 Å². The summed E-state index contributed by atoms with van der Waals surface area (Å²) < 4.78 is 13.8. The molecule has 0 fully saturated rings. The summed E-state index contributed by atoms with van der Waals surface area (Å²) in [6, 6.07) is 7.52. The van der Waals surface area contributed by atoms with Gasteiger partial charge in [-0.05, 0) is 35.9 Å². The van der Waals surface area contributed by atoms with E-state index in [0.717, 1.165) is 5.01 Å². The van der Waals surface area contributed by atoms with Crippen LogP contribution in [0.1, 0.15) is 24.1 Å². The van der Waals surface area contributed by atoms with Gasteiger partial charge in [0.05, 0.1) is 5.69 Å². The van der Waals surface area contributed by atoms with Gasteiger partial charge in [-0.25, -0.2) is 9.40 Å². The molecule has 9 heteroatoms. The number of nitrogens with one attached hydrogen (secondary N) is 1. The van der Waals surface area contributed by atoms with Crippen molar-refractivity contribution >= 4 is 34.9 Å². The van der Waals surface area contributed by atoms with Gasteiger partial charge in [0.1, 0.15) is 11.5 Å². The molecule has 1 aliphatic heterocycles. The first-order valence-electron chi connectivity index (χ1n) is 7.84. The van der Waals surface area contributed by atoms with E-state index in [0.29, 0.717) is 16.3 Å². The summed E-state index contributed by atoms with van der Waals surface area (Å²) in [5.74, 6) is -0.707. The predicted molar refractivity (Wildman–Crippen MR) is 94.3 cm³/mol. The van der Waals surface area contributed by atoms with E-state index in [1.165, 1.54) is 25.2 Å². The molecular formula is C17H15ClFN5O2. The number of halogens is 2. The second-order valence-electron chi connectivity index (χ2n) is 5.74. The van der Waals surface area contributed by atoms with E-state index in [-0.39, 0.29) is 42.5 Å². The first kappa shape index (κ1) is 17.9. The number of hydrogen-bond donors (Lipinski definition) is 1. The summed E-state index contributed by atoms with van der Waals surface area (Å²) in [6.45, 7) is 0. The van der Waals surface area contributed by atoms with Gasteiger partial charge in [0.15, 0.2) is 5.82 Å². The smallest absolute Gasteiger partial charge is 0.273 e. The highest BCUT2D eigenvalue weighted by Gasteiger charge is 2.22. The van der Waals surface area contributed by atoms with E-state index < -0.39 is 5.91 Å². The molecule has 1 aliphatic rings. The number of hydrazone groups is 1. The van der Waals surface area contributed by atoms with Crippen LogP contribution >= 0.6 is 11.6 Å². The van der Waals surface area contributed by atoms with Crippen LogP contribution in [0.3, 0.4) is 0 Å². The molecule has 1 aromatic carbocycles. The Balaban J connectivity index is 1.66. The number of rotatable bonds is 4. The molecular weight excluding hydrogens is 361 g/mol. The molecule has 0 radical (unpaired) electrons. The lowest BCUT2D eigenvalue weighted by Crippen LogP contribution is -2.34. The van der Waals surface area contributed by atoms with Gasteiger partial charge >= 0.3 is 0 Å². The standard InChI is InChI=1S/C17H15ClFN5O2/c1-24-16(25)7-5-14(23-24)17(26)20-15-6-3-12(21-22-15)9-10-8-11(18)2-4-13(10)19/h2-4,6,8H,5,7,9H2,1H3,(H,20,22,26). The molecule has 3 rings (SSSR count). The Morgan fingerprint density at radius 3 is 2.77 bits per heavy atom. The zero-order valence-corrected chi connectivity index (χ0v) is 14.6. The number of benzene rings is 1. The van der Waals surface area contributed by atoms with Crippen molar-refractivity contribution in [3.63, 3.8) is 0 Å². The summed E-state index contributed by atoms with van der Waals surface area (Å²) in [5, 5.41) is 16.0. The third kappa shape index (κ3) is 4.20. The summed E-state index contributed by atoms with van der Waals surface area (Å²) in [5.41, 5.74) is 1.19. The first-order chi connectivity index (χ1) is 12.4. The minimum Gasteiger partial charge on any atom is -0.304 e. The number of nitrogens with zero attached hydrogens (tertiary/aromatic N) is 4. The van der Waals surface area contributed by atoms with E-state index in [1.807, 2.05) is 0 Å². The molecule has 134 valence electrons. The molecule has 2 aromatic rings. The summed E-state index contributed by atoms with van der Waals surface area (Å²) >= 11 is 5.87. The SMILES string of the molecule is CN1N=C(C(=O)Nc2ccc(Cc3cc(Cl)ccc3F)nn2)CCC1=O. The van der Waals surface area contributed by atoms with Crippen LogP contribution in [-0.4, -0.2) is 39.8 Å². The summed E-state index contributed by atoms with van der Waals surface area (Å²) in [7, 11) is 1.50. The Hall–Kier alpha value is -2.87. The molecule has 1 aromatic heterocycles. The zero-order valence-electron chi connectivity index (χ0n) is 13.9. The molecule has 0 aliphatic carbocycles. The fraction of sp³-hybridized carbons (Fsp3) is 0.235. The second kappa shape index (κ2) is 7.57.